The molecule has 0 spiro atoms. The fraction of sp³-hybridized carbons (Fsp3) is 0.208. The molecule has 2 N–H and O–H groups in total. The Morgan fingerprint density at radius 3 is 1.60 bits per heavy atom. The summed E-state index contributed by atoms with van der Waals surface area (Å²) in [5.41, 5.74) is 3.31. The van der Waals surface area contributed by atoms with Crippen LogP contribution in [0, 0.1) is 0 Å². The molecule has 5 aromatic heterocycles. The van der Waals surface area contributed by atoms with Gasteiger partial charge in [-0.25, -0.2) is 19.7 Å². The number of ether oxygens (including phenoxy) is 4. The first kappa shape index (κ1) is 45.0. The number of aliphatic hydroxyl groups is 1. The summed E-state index contributed by atoms with van der Waals surface area (Å²) in [6, 6.07) is 41.4. The molecule has 0 atom stereocenters. The fourth-order valence-corrected chi connectivity index (χ4v) is 8.89. The van der Waals surface area contributed by atoms with Crippen LogP contribution in [0.25, 0.3) is 11.3 Å². The van der Waals surface area contributed by atoms with Gasteiger partial charge in [-0.2, -0.15) is 0 Å². The first-order valence-corrected chi connectivity index (χ1v) is 22.3. The summed E-state index contributed by atoms with van der Waals surface area (Å²) in [5, 5.41) is 19.9. The number of aromatic nitrogens is 7. The van der Waals surface area contributed by atoms with E-state index in [1.165, 1.54) is 14.2 Å². The van der Waals surface area contributed by atoms with Gasteiger partial charge in [0.05, 0.1) is 19.8 Å². The largest absolute Gasteiger partial charge is 0.496 e. The van der Waals surface area contributed by atoms with Gasteiger partial charge in [0.2, 0.25) is 5.95 Å². The van der Waals surface area contributed by atoms with Gasteiger partial charge >= 0.3 is 5.97 Å². The smallest absolute Gasteiger partial charge is 0.345 e. The van der Waals surface area contributed by atoms with E-state index in [1.807, 2.05) is 146 Å². The number of pyridine rings is 2. The molecule has 9 rings (SSSR count). The highest BCUT2D eigenvalue weighted by Crippen LogP contribution is 2.43. The van der Waals surface area contributed by atoms with Gasteiger partial charge < -0.3 is 32.9 Å². The third-order valence-electron chi connectivity index (χ3n) is 12.2. The highest BCUT2D eigenvalue weighted by atomic mass is 16.7. The lowest BCUT2D eigenvalue weighted by Crippen LogP contribution is -2.35. The first-order chi connectivity index (χ1) is 33.2. The van der Waals surface area contributed by atoms with Crippen LogP contribution in [-0.4, -0.2) is 71.5 Å². The maximum atomic E-state index is 14.4. The number of fused-ring (bicyclic) bond motifs is 2. The van der Waals surface area contributed by atoms with Crippen LogP contribution in [0.3, 0.4) is 0 Å². The summed E-state index contributed by atoms with van der Waals surface area (Å²) in [6.45, 7) is 5.97. The Labute approximate surface area is 392 Å². The van der Waals surface area contributed by atoms with Crippen LogP contribution in [0.5, 0.6) is 11.5 Å². The third-order valence-corrected chi connectivity index (χ3v) is 12.2. The predicted octanol–water partition coefficient (Wildman–Crippen LogP) is 8.39. The zero-order valence-corrected chi connectivity index (χ0v) is 38.3. The summed E-state index contributed by atoms with van der Waals surface area (Å²) in [4.78, 5) is 42.7. The Morgan fingerprint density at radius 2 is 1.12 bits per heavy atom. The molecule has 344 valence electrons. The number of carbonyl (C=O) groups is 2. The van der Waals surface area contributed by atoms with Gasteiger partial charge in [-0.3, -0.25) is 14.8 Å². The van der Waals surface area contributed by atoms with E-state index in [-0.39, 0.29) is 28.6 Å². The highest BCUT2D eigenvalue weighted by molar-refractivity contribution is 6.05. The first-order valence-electron chi connectivity index (χ1n) is 22.3. The molecule has 4 aromatic carbocycles. The maximum Gasteiger partial charge on any atom is 0.345 e. The number of rotatable bonds is 17. The van der Waals surface area contributed by atoms with Crippen molar-refractivity contribution in [2.45, 2.75) is 51.4 Å². The van der Waals surface area contributed by atoms with E-state index in [4.69, 9.17) is 28.9 Å². The Kier molecular flexibility index (Phi) is 12.6. The third kappa shape index (κ3) is 7.90. The molecule has 0 saturated heterocycles. The van der Waals surface area contributed by atoms with E-state index < -0.39 is 29.9 Å². The highest BCUT2D eigenvalue weighted by Gasteiger charge is 2.43. The van der Waals surface area contributed by atoms with E-state index >= 15 is 0 Å². The van der Waals surface area contributed by atoms with Crippen molar-refractivity contribution in [3.05, 3.63) is 208 Å². The SMILES string of the molecule is CCc1c(C(O)(c2ccccc2)c2ccccc2)nc2cc(OC)c(C(=O)OCOC(c3ccccc3)(c3ccccc3)c3nc4cc(OC)c(C(=O)Nc5ncn(CC)n5)cn4c3CC)cn12. The van der Waals surface area contributed by atoms with Crippen LogP contribution >= 0.6 is 0 Å². The average Bonchev–Trinajstić information content (AvgIpc) is 4.12. The summed E-state index contributed by atoms with van der Waals surface area (Å²) in [6.07, 6.45) is 5.80. The summed E-state index contributed by atoms with van der Waals surface area (Å²) < 4.78 is 29.9. The second-order valence-corrected chi connectivity index (χ2v) is 15.9. The van der Waals surface area contributed by atoms with E-state index in [1.54, 1.807) is 39.9 Å². The van der Waals surface area contributed by atoms with E-state index in [0.717, 1.165) is 5.69 Å². The van der Waals surface area contributed by atoms with Crippen LogP contribution in [0.2, 0.25) is 0 Å². The van der Waals surface area contributed by atoms with Crippen molar-refractivity contribution >= 4 is 29.1 Å². The zero-order chi connectivity index (χ0) is 47.4. The van der Waals surface area contributed by atoms with E-state index in [0.29, 0.717) is 70.0 Å². The number of nitrogens with one attached hydrogen (secondary N) is 1. The summed E-state index contributed by atoms with van der Waals surface area (Å²) >= 11 is 0. The minimum atomic E-state index is -1.62. The van der Waals surface area contributed by atoms with Crippen molar-refractivity contribution in [3.8, 4) is 11.5 Å². The minimum Gasteiger partial charge on any atom is -0.496 e. The molecular formula is C53H50N8O7. The van der Waals surface area contributed by atoms with Crippen molar-refractivity contribution in [1.29, 1.82) is 0 Å². The molecule has 0 aliphatic rings. The Hall–Kier alpha value is -8.14. The number of imidazole rings is 2. The molecule has 0 aliphatic carbocycles. The summed E-state index contributed by atoms with van der Waals surface area (Å²) in [5.74, 6) is -0.519. The maximum absolute atomic E-state index is 14.4. The second-order valence-electron chi connectivity index (χ2n) is 15.9. The molecule has 15 heteroatoms. The number of benzene rings is 4. The van der Waals surface area contributed by atoms with Crippen LogP contribution in [0.4, 0.5) is 5.95 Å². The van der Waals surface area contributed by atoms with Crippen molar-refractivity contribution < 1.29 is 33.6 Å². The number of aryl methyl sites for hydroxylation is 3. The van der Waals surface area contributed by atoms with Crippen molar-refractivity contribution in [1.82, 2.24) is 33.5 Å². The Morgan fingerprint density at radius 1 is 0.647 bits per heavy atom. The number of nitrogens with zero attached hydrogens (tertiary/aromatic N) is 7. The molecule has 0 saturated carbocycles. The lowest BCUT2D eigenvalue weighted by atomic mass is 9.82. The quantitative estimate of drug-likeness (QED) is 0.0665. The number of hydrogen-bond donors (Lipinski definition) is 2. The molecule has 1 amide bonds. The van der Waals surface area contributed by atoms with Gasteiger partial charge in [-0.05, 0) is 42.0 Å². The molecule has 0 fully saturated rings. The lowest BCUT2D eigenvalue weighted by molar-refractivity contribution is -0.0905. The Balaban J connectivity index is 1.11. The second kappa shape index (κ2) is 19.0. The lowest BCUT2D eigenvalue weighted by Gasteiger charge is -2.34. The van der Waals surface area contributed by atoms with Gasteiger partial charge in [0.15, 0.2) is 18.0 Å². The predicted molar refractivity (Wildman–Crippen MR) is 255 cm³/mol. The van der Waals surface area contributed by atoms with E-state index in [9.17, 15) is 14.7 Å². The van der Waals surface area contributed by atoms with E-state index in [2.05, 4.69) is 15.4 Å². The van der Waals surface area contributed by atoms with Gasteiger partial charge in [0, 0.05) is 42.5 Å². The molecule has 0 radical (unpaired) electrons. The number of anilines is 1. The zero-order valence-electron chi connectivity index (χ0n) is 38.3. The molecule has 15 nitrogen and oxygen atoms in total. The molecule has 0 bridgehead atoms. The normalized spacial score (nSPS) is 11.8. The number of carbonyl (C=O) groups excluding carboxylic acids is 2. The molecular weight excluding hydrogens is 861 g/mol. The van der Waals surface area contributed by atoms with Gasteiger partial charge in [0.1, 0.15) is 46.1 Å². The number of methoxy groups -OCH3 is 2. The minimum absolute atomic E-state index is 0.117. The van der Waals surface area contributed by atoms with Crippen molar-refractivity contribution in [2.24, 2.45) is 0 Å². The van der Waals surface area contributed by atoms with Crippen LogP contribution < -0.4 is 14.8 Å². The number of hydrogen-bond acceptors (Lipinski definition) is 11. The van der Waals surface area contributed by atoms with Crippen LogP contribution in [0.15, 0.2) is 152 Å². The van der Waals surface area contributed by atoms with Crippen molar-refractivity contribution in [3.63, 3.8) is 0 Å². The topological polar surface area (TPSA) is 169 Å². The number of amides is 1. The standard InChI is InChI=1S/C53H50N8O7/c1-6-41-47(52(64,35-21-13-9-14-22-35)36-23-15-10-16-24-36)55-45-30-44(66-5)40(32-61(41)45)50(63)67-34-68-53(37-25-17-11-18-26-37,38-27-19-12-20-28-38)48-42(7-2)60-31-39(43(65-4)29-46(60)56-48)49(62)57-51-54-33-59(8-3)58-51/h9-33,64H,6-8,34H2,1-5H3,(H,57,58,62). The van der Waals surface area contributed by atoms with Gasteiger partial charge in [0.25, 0.3) is 5.91 Å². The van der Waals surface area contributed by atoms with Gasteiger partial charge in [-0.1, -0.05) is 135 Å². The van der Waals surface area contributed by atoms with Crippen molar-refractivity contribution in [2.75, 3.05) is 26.3 Å². The molecule has 68 heavy (non-hydrogen) atoms. The molecule has 0 unspecified atom stereocenters. The average molecular weight is 911 g/mol. The van der Waals surface area contributed by atoms with Crippen LogP contribution in [0.1, 0.15) is 86.5 Å². The fourth-order valence-electron chi connectivity index (χ4n) is 8.89. The molecule has 0 aliphatic heterocycles. The van der Waals surface area contributed by atoms with Crippen LogP contribution in [-0.2, 0) is 40.1 Å². The summed E-state index contributed by atoms with van der Waals surface area (Å²) in [7, 11) is 2.96. The van der Waals surface area contributed by atoms with Gasteiger partial charge in [-0.15, -0.1) is 5.10 Å². The monoisotopic (exact) mass is 910 g/mol. The molecule has 5 heterocycles. The molecule has 9 aromatic rings. The number of esters is 1. The Bertz CT molecular complexity index is 3150.